The Morgan fingerprint density at radius 1 is 1.10 bits per heavy atom. The summed E-state index contributed by atoms with van der Waals surface area (Å²) in [4.78, 5) is 13.7. The lowest BCUT2D eigenvalue weighted by molar-refractivity contribution is 0.0974. The van der Waals surface area contributed by atoms with Crippen LogP contribution in [0.1, 0.15) is 28.1 Å². The minimum Gasteiger partial charge on any atom is -0.496 e. The van der Waals surface area contributed by atoms with E-state index in [2.05, 4.69) is 11.4 Å². The van der Waals surface area contributed by atoms with Crippen LogP contribution in [-0.4, -0.2) is 20.0 Å². The average Bonchev–Trinajstić information content (AvgIpc) is 2.99. The SMILES string of the molecule is COc1cccc(OC)c1C(=O)CCCc1cccs1. The first kappa shape index (κ1) is 14.6. The maximum absolute atomic E-state index is 12.4. The van der Waals surface area contributed by atoms with Gasteiger partial charge in [0.25, 0.3) is 0 Å². The van der Waals surface area contributed by atoms with Crippen LogP contribution in [-0.2, 0) is 6.42 Å². The molecule has 3 nitrogen and oxygen atoms in total. The molecular weight excluding hydrogens is 272 g/mol. The first-order valence-corrected chi connectivity index (χ1v) is 7.40. The monoisotopic (exact) mass is 290 g/mol. The molecule has 4 heteroatoms. The molecule has 0 radical (unpaired) electrons. The van der Waals surface area contributed by atoms with E-state index in [0.29, 0.717) is 23.5 Å². The zero-order chi connectivity index (χ0) is 14.4. The fourth-order valence-electron chi connectivity index (χ4n) is 2.13. The molecule has 0 saturated heterocycles. The van der Waals surface area contributed by atoms with E-state index in [1.807, 2.05) is 12.1 Å². The molecule has 2 rings (SSSR count). The number of aryl methyl sites for hydroxylation is 1. The summed E-state index contributed by atoms with van der Waals surface area (Å²) >= 11 is 1.73. The lowest BCUT2D eigenvalue weighted by Crippen LogP contribution is -2.05. The predicted octanol–water partition coefficient (Wildman–Crippen LogP) is 3.97. The maximum atomic E-state index is 12.4. The highest BCUT2D eigenvalue weighted by atomic mass is 32.1. The molecule has 0 aliphatic carbocycles. The number of ketones is 1. The average molecular weight is 290 g/mol. The van der Waals surface area contributed by atoms with Gasteiger partial charge in [0.2, 0.25) is 0 Å². The van der Waals surface area contributed by atoms with Crippen molar-refractivity contribution in [2.24, 2.45) is 0 Å². The van der Waals surface area contributed by atoms with Crippen LogP contribution in [0, 0.1) is 0 Å². The largest absolute Gasteiger partial charge is 0.496 e. The minimum absolute atomic E-state index is 0.0656. The second-order valence-corrected chi connectivity index (χ2v) is 5.43. The number of rotatable bonds is 7. The van der Waals surface area contributed by atoms with Gasteiger partial charge in [-0.05, 0) is 36.4 Å². The number of benzene rings is 1. The topological polar surface area (TPSA) is 35.5 Å². The summed E-state index contributed by atoms with van der Waals surface area (Å²) in [7, 11) is 3.13. The van der Waals surface area contributed by atoms with Crippen molar-refractivity contribution in [2.75, 3.05) is 14.2 Å². The van der Waals surface area contributed by atoms with Crippen LogP contribution < -0.4 is 9.47 Å². The van der Waals surface area contributed by atoms with Gasteiger partial charge in [0.1, 0.15) is 17.1 Å². The lowest BCUT2D eigenvalue weighted by atomic mass is 10.0. The third-order valence-electron chi connectivity index (χ3n) is 3.11. The normalized spacial score (nSPS) is 10.3. The molecule has 106 valence electrons. The fourth-order valence-corrected chi connectivity index (χ4v) is 2.88. The van der Waals surface area contributed by atoms with Gasteiger partial charge in [0.15, 0.2) is 5.78 Å². The van der Waals surface area contributed by atoms with Crippen LogP contribution in [0.2, 0.25) is 0 Å². The molecule has 0 fully saturated rings. The van der Waals surface area contributed by atoms with Crippen molar-refractivity contribution in [3.63, 3.8) is 0 Å². The van der Waals surface area contributed by atoms with E-state index < -0.39 is 0 Å². The summed E-state index contributed by atoms with van der Waals surface area (Å²) in [6.07, 6.45) is 2.26. The highest BCUT2D eigenvalue weighted by Crippen LogP contribution is 2.30. The van der Waals surface area contributed by atoms with E-state index in [-0.39, 0.29) is 5.78 Å². The Labute approximate surface area is 123 Å². The van der Waals surface area contributed by atoms with Gasteiger partial charge < -0.3 is 9.47 Å². The number of Topliss-reactive ketones (excluding diaryl/α,β-unsaturated/α-hetero) is 1. The first-order chi connectivity index (χ1) is 9.76. The second-order valence-electron chi connectivity index (χ2n) is 4.39. The van der Waals surface area contributed by atoms with Crippen molar-refractivity contribution in [3.05, 3.63) is 46.2 Å². The maximum Gasteiger partial charge on any atom is 0.170 e. The number of ether oxygens (including phenoxy) is 2. The zero-order valence-electron chi connectivity index (χ0n) is 11.7. The van der Waals surface area contributed by atoms with E-state index in [1.54, 1.807) is 37.7 Å². The van der Waals surface area contributed by atoms with Crippen molar-refractivity contribution in [1.29, 1.82) is 0 Å². The molecule has 2 aromatic rings. The van der Waals surface area contributed by atoms with Crippen LogP contribution >= 0.6 is 11.3 Å². The summed E-state index contributed by atoms with van der Waals surface area (Å²) in [6.45, 7) is 0. The molecular formula is C16H18O3S. The van der Waals surface area contributed by atoms with Crippen molar-refractivity contribution in [3.8, 4) is 11.5 Å². The molecule has 0 unspecified atom stereocenters. The molecule has 0 amide bonds. The standard InChI is InChI=1S/C16H18O3S/c1-18-14-9-4-10-15(19-2)16(14)13(17)8-3-6-12-7-5-11-20-12/h4-5,7,9-11H,3,6,8H2,1-2H3. The number of thiophene rings is 1. The molecule has 1 aromatic carbocycles. The van der Waals surface area contributed by atoms with Crippen molar-refractivity contribution >= 4 is 17.1 Å². The van der Waals surface area contributed by atoms with Crippen LogP contribution in [0.15, 0.2) is 35.7 Å². The van der Waals surface area contributed by atoms with Gasteiger partial charge in [-0.15, -0.1) is 11.3 Å². The van der Waals surface area contributed by atoms with Gasteiger partial charge in [-0.1, -0.05) is 12.1 Å². The van der Waals surface area contributed by atoms with E-state index in [9.17, 15) is 4.79 Å². The Morgan fingerprint density at radius 2 is 1.80 bits per heavy atom. The van der Waals surface area contributed by atoms with Gasteiger partial charge in [0.05, 0.1) is 14.2 Å². The van der Waals surface area contributed by atoms with Gasteiger partial charge >= 0.3 is 0 Å². The molecule has 1 heterocycles. The van der Waals surface area contributed by atoms with Crippen LogP contribution in [0.4, 0.5) is 0 Å². The molecule has 0 saturated carbocycles. The molecule has 0 atom stereocenters. The van der Waals surface area contributed by atoms with Gasteiger partial charge in [-0.25, -0.2) is 0 Å². The van der Waals surface area contributed by atoms with Gasteiger partial charge in [-0.2, -0.15) is 0 Å². The van der Waals surface area contributed by atoms with Crippen LogP contribution in [0.25, 0.3) is 0 Å². The molecule has 0 bridgehead atoms. The number of carbonyl (C=O) groups is 1. The third-order valence-corrected chi connectivity index (χ3v) is 4.05. The highest BCUT2D eigenvalue weighted by Gasteiger charge is 2.17. The Kier molecular flexibility index (Phi) is 5.18. The molecule has 0 N–H and O–H groups in total. The quantitative estimate of drug-likeness (QED) is 0.724. The number of hydrogen-bond donors (Lipinski definition) is 0. The van der Waals surface area contributed by atoms with Crippen LogP contribution in [0.3, 0.4) is 0 Å². The summed E-state index contributed by atoms with van der Waals surface area (Å²) in [5, 5.41) is 2.06. The third kappa shape index (κ3) is 3.39. The number of methoxy groups -OCH3 is 2. The second kappa shape index (κ2) is 7.10. The fraction of sp³-hybridized carbons (Fsp3) is 0.312. The van der Waals surface area contributed by atoms with Crippen LogP contribution in [0.5, 0.6) is 11.5 Å². The summed E-state index contributed by atoms with van der Waals surface area (Å²) in [6, 6.07) is 9.52. The van der Waals surface area contributed by atoms with Gasteiger partial charge in [-0.3, -0.25) is 4.79 Å². The first-order valence-electron chi connectivity index (χ1n) is 6.53. The van der Waals surface area contributed by atoms with E-state index in [4.69, 9.17) is 9.47 Å². The Morgan fingerprint density at radius 3 is 2.35 bits per heavy atom. The Hall–Kier alpha value is -1.81. The Balaban J connectivity index is 2.04. The van der Waals surface area contributed by atoms with Gasteiger partial charge in [0, 0.05) is 11.3 Å². The number of hydrogen-bond acceptors (Lipinski definition) is 4. The van der Waals surface area contributed by atoms with Crippen molar-refractivity contribution < 1.29 is 14.3 Å². The minimum atomic E-state index is 0.0656. The number of carbonyl (C=O) groups excluding carboxylic acids is 1. The molecule has 0 aliphatic rings. The molecule has 0 aliphatic heterocycles. The smallest absolute Gasteiger partial charge is 0.170 e. The van der Waals surface area contributed by atoms with E-state index >= 15 is 0 Å². The molecule has 20 heavy (non-hydrogen) atoms. The predicted molar refractivity (Wildman–Crippen MR) is 81.1 cm³/mol. The summed E-state index contributed by atoms with van der Waals surface area (Å²) in [5.74, 6) is 1.21. The molecule has 0 spiro atoms. The van der Waals surface area contributed by atoms with Crippen molar-refractivity contribution in [2.45, 2.75) is 19.3 Å². The Bertz CT molecular complexity index is 539. The lowest BCUT2D eigenvalue weighted by Gasteiger charge is -2.11. The summed E-state index contributed by atoms with van der Waals surface area (Å²) in [5.41, 5.74) is 0.545. The summed E-state index contributed by atoms with van der Waals surface area (Å²) < 4.78 is 10.5. The van der Waals surface area contributed by atoms with E-state index in [1.165, 1.54) is 4.88 Å². The molecule has 1 aromatic heterocycles. The zero-order valence-corrected chi connectivity index (χ0v) is 12.5. The highest BCUT2D eigenvalue weighted by molar-refractivity contribution is 7.09. The van der Waals surface area contributed by atoms with E-state index in [0.717, 1.165) is 12.8 Å². The van der Waals surface area contributed by atoms with Crippen molar-refractivity contribution in [1.82, 2.24) is 0 Å².